The third-order valence-electron chi connectivity index (χ3n) is 4.72. The van der Waals surface area contributed by atoms with Crippen LogP contribution in [-0.2, 0) is 6.42 Å². The van der Waals surface area contributed by atoms with E-state index < -0.39 is 11.6 Å². The highest BCUT2D eigenvalue weighted by Crippen LogP contribution is 2.34. The van der Waals surface area contributed by atoms with E-state index in [0.29, 0.717) is 30.5 Å². The van der Waals surface area contributed by atoms with Crippen molar-refractivity contribution in [3.05, 3.63) is 53.6 Å². The van der Waals surface area contributed by atoms with E-state index in [9.17, 15) is 8.78 Å². The zero-order valence-electron chi connectivity index (χ0n) is 15.7. The van der Waals surface area contributed by atoms with Crippen molar-refractivity contribution in [2.24, 2.45) is 5.73 Å². The molecule has 27 heavy (non-hydrogen) atoms. The van der Waals surface area contributed by atoms with Gasteiger partial charge in [0.15, 0.2) is 0 Å². The van der Waals surface area contributed by atoms with Crippen LogP contribution in [0.5, 0.6) is 5.75 Å². The molecule has 0 saturated heterocycles. The molecule has 1 aromatic heterocycles. The molecular weight excluding hydrogens is 346 g/mol. The van der Waals surface area contributed by atoms with Gasteiger partial charge in [-0.15, -0.1) is 0 Å². The summed E-state index contributed by atoms with van der Waals surface area (Å²) in [5.41, 5.74) is 8.63. The third-order valence-corrected chi connectivity index (χ3v) is 4.72. The molecule has 0 aliphatic rings. The standard InChI is InChI=1S/C22H26F2N2O/c1-2-3-12-27-17-9-7-15(8-10-17)21-18(6-4-5-11-25)19-13-16(23)14-20(24)22(19)26-21/h7-10,13-14,26H,2-6,11-12,25H2,1H3. The second-order valence-electron chi connectivity index (χ2n) is 6.76. The Kier molecular flexibility index (Phi) is 6.45. The minimum atomic E-state index is -0.573. The van der Waals surface area contributed by atoms with Crippen molar-refractivity contribution in [2.75, 3.05) is 13.2 Å². The van der Waals surface area contributed by atoms with Crippen LogP contribution < -0.4 is 10.5 Å². The van der Waals surface area contributed by atoms with Gasteiger partial charge in [-0.05, 0) is 73.7 Å². The Morgan fingerprint density at radius 1 is 1.04 bits per heavy atom. The van der Waals surface area contributed by atoms with Crippen LogP contribution in [0.1, 0.15) is 38.2 Å². The smallest absolute Gasteiger partial charge is 0.150 e. The number of nitrogens with one attached hydrogen (secondary N) is 1. The molecule has 3 N–H and O–H groups in total. The molecule has 0 atom stereocenters. The molecule has 0 aliphatic carbocycles. The first-order valence-electron chi connectivity index (χ1n) is 9.57. The summed E-state index contributed by atoms with van der Waals surface area (Å²) in [5.74, 6) is -0.327. The average Bonchev–Trinajstić information content (AvgIpc) is 3.02. The molecule has 0 aliphatic heterocycles. The lowest BCUT2D eigenvalue weighted by Gasteiger charge is -2.08. The zero-order chi connectivity index (χ0) is 19.2. The third kappa shape index (κ3) is 4.48. The number of fused-ring (bicyclic) bond motifs is 1. The Bertz CT molecular complexity index is 887. The summed E-state index contributed by atoms with van der Waals surface area (Å²) in [6.07, 6.45) is 4.55. The molecule has 0 unspecified atom stereocenters. The van der Waals surface area contributed by atoms with E-state index in [2.05, 4.69) is 11.9 Å². The number of benzene rings is 2. The molecule has 1 heterocycles. The number of hydrogen-bond acceptors (Lipinski definition) is 2. The molecule has 5 heteroatoms. The summed E-state index contributed by atoms with van der Waals surface area (Å²) in [6.45, 7) is 3.41. The fraction of sp³-hybridized carbons (Fsp3) is 0.364. The van der Waals surface area contributed by atoms with Gasteiger partial charge >= 0.3 is 0 Å². The molecule has 3 aromatic rings. The van der Waals surface area contributed by atoms with Gasteiger partial charge in [0.25, 0.3) is 0 Å². The Morgan fingerprint density at radius 2 is 1.81 bits per heavy atom. The van der Waals surface area contributed by atoms with Crippen LogP contribution in [0.2, 0.25) is 0 Å². The predicted molar refractivity (Wildman–Crippen MR) is 106 cm³/mol. The highest BCUT2D eigenvalue weighted by atomic mass is 19.1. The molecule has 0 amide bonds. The fourth-order valence-corrected chi connectivity index (χ4v) is 3.28. The number of hydrogen-bond donors (Lipinski definition) is 2. The molecule has 0 radical (unpaired) electrons. The van der Waals surface area contributed by atoms with Crippen molar-refractivity contribution in [3.63, 3.8) is 0 Å². The van der Waals surface area contributed by atoms with Gasteiger partial charge < -0.3 is 15.5 Å². The number of ether oxygens (including phenoxy) is 1. The Balaban J connectivity index is 1.96. The van der Waals surface area contributed by atoms with Crippen LogP contribution in [0.4, 0.5) is 8.78 Å². The van der Waals surface area contributed by atoms with Crippen LogP contribution in [0, 0.1) is 11.6 Å². The Labute approximate surface area is 158 Å². The molecule has 0 saturated carbocycles. The van der Waals surface area contributed by atoms with Gasteiger partial charge in [0.05, 0.1) is 12.1 Å². The second-order valence-corrected chi connectivity index (χ2v) is 6.76. The number of halogens is 2. The molecule has 3 nitrogen and oxygen atoms in total. The summed E-state index contributed by atoms with van der Waals surface area (Å²) < 4.78 is 33.8. The first kappa shape index (κ1) is 19.4. The summed E-state index contributed by atoms with van der Waals surface area (Å²) >= 11 is 0. The Morgan fingerprint density at radius 3 is 2.52 bits per heavy atom. The SMILES string of the molecule is CCCCOc1ccc(-c2[nH]c3c(F)cc(F)cc3c2CCCCN)cc1. The summed E-state index contributed by atoms with van der Waals surface area (Å²) in [7, 11) is 0. The lowest BCUT2D eigenvalue weighted by Crippen LogP contribution is -1.99. The van der Waals surface area contributed by atoms with Crippen LogP contribution in [0.15, 0.2) is 36.4 Å². The Hall–Kier alpha value is -2.40. The number of unbranched alkanes of at least 4 members (excludes halogenated alkanes) is 2. The largest absolute Gasteiger partial charge is 0.494 e. The predicted octanol–water partition coefficient (Wildman–Crippen LogP) is 5.57. The first-order chi connectivity index (χ1) is 13.1. The van der Waals surface area contributed by atoms with E-state index in [-0.39, 0.29) is 0 Å². The van der Waals surface area contributed by atoms with Crippen LogP contribution in [0.3, 0.4) is 0 Å². The van der Waals surface area contributed by atoms with Crippen molar-refractivity contribution in [1.29, 1.82) is 0 Å². The van der Waals surface area contributed by atoms with Crippen molar-refractivity contribution in [2.45, 2.75) is 39.0 Å². The summed E-state index contributed by atoms with van der Waals surface area (Å²) in [4.78, 5) is 3.16. The molecule has 0 fully saturated rings. The maximum atomic E-state index is 14.3. The van der Waals surface area contributed by atoms with Gasteiger partial charge in [-0.1, -0.05) is 13.3 Å². The van der Waals surface area contributed by atoms with Gasteiger partial charge in [0, 0.05) is 17.1 Å². The quantitative estimate of drug-likeness (QED) is 0.482. The van der Waals surface area contributed by atoms with Crippen LogP contribution >= 0.6 is 0 Å². The lowest BCUT2D eigenvalue weighted by molar-refractivity contribution is 0.309. The van der Waals surface area contributed by atoms with Gasteiger partial charge in [-0.25, -0.2) is 8.78 Å². The topological polar surface area (TPSA) is 51.0 Å². The summed E-state index contributed by atoms with van der Waals surface area (Å²) in [6, 6.07) is 10.0. The van der Waals surface area contributed by atoms with E-state index >= 15 is 0 Å². The van der Waals surface area contributed by atoms with Crippen LogP contribution in [0.25, 0.3) is 22.2 Å². The summed E-state index contributed by atoms with van der Waals surface area (Å²) in [5, 5.41) is 0.600. The number of nitrogens with two attached hydrogens (primary N) is 1. The number of aryl methyl sites for hydroxylation is 1. The number of aromatic nitrogens is 1. The molecular formula is C22H26F2N2O. The van der Waals surface area contributed by atoms with Gasteiger partial charge in [-0.2, -0.15) is 0 Å². The number of aromatic amines is 1. The molecule has 3 rings (SSSR count). The number of rotatable bonds is 9. The maximum Gasteiger partial charge on any atom is 0.150 e. The van der Waals surface area contributed by atoms with Gasteiger partial charge in [-0.3, -0.25) is 0 Å². The zero-order valence-corrected chi connectivity index (χ0v) is 15.7. The fourth-order valence-electron chi connectivity index (χ4n) is 3.28. The second kappa shape index (κ2) is 9.00. The normalized spacial score (nSPS) is 11.3. The van der Waals surface area contributed by atoms with Crippen molar-refractivity contribution in [3.8, 4) is 17.0 Å². The molecule has 2 aromatic carbocycles. The first-order valence-corrected chi connectivity index (χ1v) is 9.57. The minimum Gasteiger partial charge on any atom is -0.494 e. The lowest BCUT2D eigenvalue weighted by atomic mass is 10.00. The van der Waals surface area contributed by atoms with E-state index in [4.69, 9.17) is 10.5 Å². The molecule has 0 bridgehead atoms. The van der Waals surface area contributed by atoms with E-state index in [0.717, 1.165) is 54.3 Å². The highest BCUT2D eigenvalue weighted by Gasteiger charge is 2.17. The van der Waals surface area contributed by atoms with E-state index in [1.54, 1.807) is 0 Å². The highest BCUT2D eigenvalue weighted by molar-refractivity contribution is 5.91. The van der Waals surface area contributed by atoms with Gasteiger partial charge in [0.1, 0.15) is 17.4 Å². The molecule has 144 valence electrons. The van der Waals surface area contributed by atoms with Crippen molar-refractivity contribution in [1.82, 2.24) is 4.98 Å². The average molecular weight is 372 g/mol. The monoisotopic (exact) mass is 372 g/mol. The number of H-pyrrole nitrogens is 1. The van der Waals surface area contributed by atoms with E-state index in [1.165, 1.54) is 6.07 Å². The van der Waals surface area contributed by atoms with E-state index in [1.807, 2.05) is 24.3 Å². The van der Waals surface area contributed by atoms with Crippen LogP contribution in [-0.4, -0.2) is 18.1 Å². The maximum absolute atomic E-state index is 14.3. The van der Waals surface area contributed by atoms with Gasteiger partial charge in [0.2, 0.25) is 0 Å². The minimum absolute atomic E-state index is 0.345. The van der Waals surface area contributed by atoms with Crippen molar-refractivity contribution >= 4 is 10.9 Å². The molecule has 0 spiro atoms. The van der Waals surface area contributed by atoms with Crippen molar-refractivity contribution < 1.29 is 13.5 Å².